The second-order valence-corrected chi connectivity index (χ2v) is 5.36. The number of hydrogen-bond acceptors (Lipinski definition) is 2. The molecule has 0 radical (unpaired) electrons. The number of allylic oxidation sites excluding steroid dienone is 1. The van der Waals surface area contributed by atoms with Gasteiger partial charge in [0.1, 0.15) is 0 Å². The highest BCUT2D eigenvalue weighted by Crippen LogP contribution is 2.09. The van der Waals surface area contributed by atoms with Gasteiger partial charge in [0.2, 0.25) is 0 Å². The molecule has 0 aliphatic carbocycles. The monoisotopic (exact) mass is 298 g/mol. The van der Waals surface area contributed by atoms with E-state index >= 15 is 0 Å². The lowest BCUT2D eigenvalue weighted by Gasteiger charge is -2.03. The Bertz CT molecular complexity index is 566. The maximum absolute atomic E-state index is 4.26. The van der Waals surface area contributed by atoms with E-state index < -0.39 is 0 Å². The van der Waals surface area contributed by atoms with E-state index in [1.54, 1.807) is 6.08 Å². The van der Waals surface area contributed by atoms with Gasteiger partial charge in [-0.05, 0) is 81.8 Å². The summed E-state index contributed by atoms with van der Waals surface area (Å²) in [6, 6.07) is 2.05. The minimum Gasteiger partial charge on any atom is -0.264 e. The molecule has 2 nitrogen and oxygen atoms in total. The Hall–Kier alpha value is -1.96. The van der Waals surface area contributed by atoms with Crippen molar-refractivity contribution < 1.29 is 0 Å². The molecule has 2 aromatic rings. The molecule has 2 heteroatoms. The van der Waals surface area contributed by atoms with E-state index in [1.165, 1.54) is 33.5 Å². The molecule has 0 saturated carbocycles. The van der Waals surface area contributed by atoms with Crippen molar-refractivity contribution in [2.24, 2.45) is 0 Å². The van der Waals surface area contributed by atoms with Gasteiger partial charge in [-0.15, -0.1) is 6.58 Å². The summed E-state index contributed by atoms with van der Waals surface area (Å²) >= 11 is 0. The zero-order valence-corrected chi connectivity index (χ0v) is 15.2. The molecular weight excluding hydrogens is 268 g/mol. The summed E-state index contributed by atoms with van der Waals surface area (Å²) in [6.07, 6.45) is 8.44. The van der Waals surface area contributed by atoms with Crippen molar-refractivity contribution in [1.82, 2.24) is 9.97 Å². The van der Waals surface area contributed by atoms with Gasteiger partial charge >= 0.3 is 0 Å². The van der Waals surface area contributed by atoms with Crippen molar-refractivity contribution in [3.05, 3.63) is 70.8 Å². The molecule has 0 atom stereocenters. The number of pyridine rings is 2. The maximum Gasteiger partial charge on any atom is 0.0432 e. The second-order valence-electron chi connectivity index (χ2n) is 5.36. The van der Waals surface area contributed by atoms with Crippen LogP contribution in [-0.2, 0) is 6.42 Å². The van der Waals surface area contributed by atoms with Crippen LogP contribution in [0.25, 0.3) is 0 Å². The molecule has 0 amide bonds. The van der Waals surface area contributed by atoms with Gasteiger partial charge in [0, 0.05) is 24.3 Å². The largest absolute Gasteiger partial charge is 0.264 e. The molecule has 0 bridgehead atoms. The zero-order chi connectivity index (χ0) is 17.1. The maximum atomic E-state index is 4.26. The Morgan fingerprint density at radius 2 is 1.45 bits per heavy atom. The van der Waals surface area contributed by atoms with Crippen LogP contribution in [0.2, 0.25) is 0 Å². The third-order valence-corrected chi connectivity index (χ3v) is 3.63. The molecule has 120 valence electrons. The first kappa shape index (κ1) is 20.0. The summed E-state index contributed by atoms with van der Waals surface area (Å²) in [4.78, 5) is 8.30. The van der Waals surface area contributed by atoms with Crippen molar-refractivity contribution in [3.63, 3.8) is 0 Å². The molecule has 2 heterocycles. The standard InChI is InChI=1S/C9H13N.C8H11N.C3H6/c1-4-9-8(3)7(2)5-6-10-9;1-6-4-9-5-7(2)8(6)3;1-3-2/h5-6H,4H2,1-3H3;4-5H,1-3H3;3H,1H2,2H3. The molecule has 22 heavy (non-hydrogen) atoms. The topological polar surface area (TPSA) is 25.8 Å². The highest BCUT2D eigenvalue weighted by molar-refractivity contribution is 5.28. The van der Waals surface area contributed by atoms with Crippen molar-refractivity contribution in [3.8, 4) is 0 Å². The number of aryl methyl sites for hydroxylation is 4. The predicted molar refractivity (Wildman–Crippen MR) is 97.4 cm³/mol. The number of nitrogens with zero attached hydrogens (tertiary/aromatic N) is 2. The van der Waals surface area contributed by atoms with E-state index in [9.17, 15) is 0 Å². The van der Waals surface area contributed by atoms with Gasteiger partial charge in [-0.2, -0.15) is 0 Å². The lowest BCUT2D eigenvalue weighted by atomic mass is 10.1. The normalized spacial score (nSPS) is 9.05. The van der Waals surface area contributed by atoms with Gasteiger partial charge in [-0.3, -0.25) is 9.97 Å². The zero-order valence-electron chi connectivity index (χ0n) is 15.2. The molecule has 0 unspecified atom stereocenters. The molecule has 2 rings (SSSR count). The lowest BCUT2D eigenvalue weighted by molar-refractivity contribution is 0.996. The van der Waals surface area contributed by atoms with Crippen LogP contribution >= 0.6 is 0 Å². The van der Waals surface area contributed by atoms with Crippen molar-refractivity contribution in [2.75, 3.05) is 0 Å². The van der Waals surface area contributed by atoms with Crippen LogP contribution < -0.4 is 0 Å². The molecule has 0 aliphatic heterocycles. The average molecular weight is 298 g/mol. The summed E-state index contributed by atoms with van der Waals surface area (Å²) in [5.41, 5.74) is 7.80. The fraction of sp³-hybridized carbons (Fsp3) is 0.400. The van der Waals surface area contributed by atoms with Gasteiger partial charge < -0.3 is 0 Å². The van der Waals surface area contributed by atoms with Gasteiger partial charge in [0.15, 0.2) is 0 Å². The van der Waals surface area contributed by atoms with Crippen LogP contribution in [0.4, 0.5) is 0 Å². The van der Waals surface area contributed by atoms with Crippen LogP contribution in [0.5, 0.6) is 0 Å². The highest BCUT2D eigenvalue weighted by Gasteiger charge is 1.97. The minimum atomic E-state index is 1.04. The third kappa shape index (κ3) is 6.66. The first-order valence-electron chi connectivity index (χ1n) is 7.74. The van der Waals surface area contributed by atoms with Crippen molar-refractivity contribution >= 4 is 0 Å². The highest BCUT2D eigenvalue weighted by atomic mass is 14.7. The summed E-state index contributed by atoms with van der Waals surface area (Å²) in [5.74, 6) is 0. The SMILES string of the molecule is C=CC.CCc1nccc(C)c1C.Cc1cncc(C)c1C. The molecule has 0 spiro atoms. The molecule has 0 aromatic carbocycles. The first-order valence-corrected chi connectivity index (χ1v) is 7.74. The molecule has 0 saturated heterocycles. The first-order chi connectivity index (χ1) is 10.4. The molecular formula is C20H30N2. The van der Waals surface area contributed by atoms with Gasteiger partial charge in [0.25, 0.3) is 0 Å². The molecule has 0 N–H and O–H groups in total. The Morgan fingerprint density at radius 1 is 0.955 bits per heavy atom. The van der Waals surface area contributed by atoms with Crippen LogP contribution in [0, 0.1) is 34.6 Å². The lowest BCUT2D eigenvalue weighted by Crippen LogP contribution is -1.92. The van der Waals surface area contributed by atoms with Gasteiger partial charge in [-0.1, -0.05) is 13.0 Å². The molecule has 2 aromatic heterocycles. The smallest absolute Gasteiger partial charge is 0.0432 e. The van der Waals surface area contributed by atoms with Crippen molar-refractivity contribution in [1.29, 1.82) is 0 Å². The Kier molecular flexibility index (Phi) is 9.77. The third-order valence-electron chi connectivity index (χ3n) is 3.63. The van der Waals surface area contributed by atoms with Crippen LogP contribution in [0.15, 0.2) is 37.3 Å². The summed E-state index contributed by atoms with van der Waals surface area (Å²) in [5, 5.41) is 0. The fourth-order valence-electron chi connectivity index (χ4n) is 1.81. The Morgan fingerprint density at radius 3 is 1.82 bits per heavy atom. The second kappa shape index (κ2) is 10.7. The summed E-state index contributed by atoms with van der Waals surface area (Å²) in [7, 11) is 0. The van der Waals surface area contributed by atoms with E-state index in [1.807, 2.05) is 25.5 Å². The van der Waals surface area contributed by atoms with E-state index in [0.717, 1.165) is 6.42 Å². The van der Waals surface area contributed by atoms with E-state index in [0.29, 0.717) is 0 Å². The van der Waals surface area contributed by atoms with Crippen LogP contribution in [0.3, 0.4) is 0 Å². The summed E-state index contributed by atoms with van der Waals surface area (Å²) < 4.78 is 0. The Balaban J connectivity index is 0.000000342. The van der Waals surface area contributed by atoms with Gasteiger partial charge in [0.05, 0.1) is 0 Å². The number of aromatic nitrogens is 2. The van der Waals surface area contributed by atoms with Crippen LogP contribution in [0.1, 0.15) is 47.4 Å². The molecule has 0 fully saturated rings. The van der Waals surface area contributed by atoms with E-state index in [2.05, 4.69) is 64.2 Å². The van der Waals surface area contributed by atoms with E-state index in [-0.39, 0.29) is 0 Å². The number of rotatable bonds is 1. The number of hydrogen-bond donors (Lipinski definition) is 0. The van der Waals surface area contributed by atoms with Crippen LogP contribution in [-0.4, -0.2) is 9.97 Å². The Labute approximate surface area is 136 Å². The quantitative estimate of drug-likeness (QED) is 0.653. The fourth-order valence-corrected chi connectivity index (χ4v) is 1.81. The predicted octanol–water partition coefficient (Wildman–Crippen LogP) is 5.46. The summed E-state index contributed by atoms with van der Waals surface area (Å²) in [6.45, 7) is 17.9. The minimum absolute atomic E-state index is 1.04. The van der Waals surface area contributed by atoms with E-state index in [4.69, 9.17) is 0 Å². The van der Waals surface area contributed by atoms with Gasteiger partial charge in [-0.25, -0.2) is 0 Å². The van der Waals surface area contributed by atoms with Crippen molar-refractivity contribution in [2.45, 2.75) is 54.9 Å². The average Bonchev–Trinajstić information content (AvgIpc) is 2.49. The molecule has 0 aliphatic rings.